The van der Waals surface area contributed by atoms with E-state index in [9.17, 15) is 0 Å². The molecule has 2 aromatic rings. The van der Waals surface area contributed by atoms with Crippen LogP contribution in [0.5, 0.6) is 0 Å². The van der Waals surface area contributed by atoms with Crippen molar-refractivity contribution in [1.29, 1.82) is 0 Å². The van der Waals surface area contributed by atoms with Gasteiger partial charge in [0.15, 0.2) is 0 Å². The van der Waals surface area contributed by atoms with Crippen LogP contribution in [0, 0.1) is 0 Å². The zero-order valence-electron chi connectivity index (χ0n) is 12.5. The number of hydrogen-bond acceptors (Lipinski definition) is 3. The van der Waals surface area contributed by atoms with Gasteiger partial charge in [-0.3, -0.25) is 0 Å². The summed E-state index contributed by atoms with van der Waals surface area (Å²) in [5, 5.41) is 3.60. The van der Waals surface area contributed by atoms with Crippen molar-refractivity contribution in [3.05, 3.63) is 46.5 Å². The molecule has 0 atom stereocenters. The topological polar surface area (TPSA) is 33.1 Å². The summed E-state index contributed by atoms with van der Waals surface area (Å²) in [6.45, 7) is 1.73. The van der Waals surface area contributed by atoms with E-state index in [1.165, 1.54) is 24.1 Å². The Morgan fingerprint density at radius 3 is 2.90 bits per heavy atom. The second-order valence-electron chi connectivity index (χ2n) is 5.74. The zero-order chi connectivity index (χ0) is 14.8. The van der Waals surface area contributed by atoms with Crippen LogP contribution >= 0.6 is 15.9 Å². The third-order valence-corrected chi connectivity index (χ3v) is 4.41. The summed E-state index contributed by atoms with van der Waals surface area (Å²) in [5.41, 5.74) is 2.59. The van der Waals surface area contributed by atoms with Crippen molar-refractivity contribution in [2.75, 3.05) is 11.9 Å². The molecule has 112 valence electrons. The lowest BCUT2D eigenvalue weighted by Crippen LogP contribution is -2.23. The molecule has 21 heavy (non-hydrogen) atoms. The fourth-order valence-corrected chi connectivity index (χ4v) is 2.78. The standard InChI is InChI=1S/C16H21BrN4/c1-20-8-7-18-16(20)11-21(2)15-9-13(17)4-3-12(15)10-19-14-5-6-14/h3-4,7-9,14,19H,5-6,10-11H2,1-2H3. The van der Waals surface area contributed by atoms with Gasteiger partial charge in [-0.25, -0.2) is 4.98 Å². The van der Waals surface area contributed by atoms with E-state index >= 15 is 0 Å². The molecule has 3 rings (SSSR count). The van der Waals surface area contributed by atoms with E-state index in [2.05, 4.69) is 60.9 Å². The monoisotopic (exact) mass is 348 g/mol. The summed E-state index contributed by atoms with van der Waals surface area (Å²) in [7, 11) is 4.16. The molecular formula is C16H21BrN4. The molecule has 0 unspecified atom stereocenters. The number of aromatic nitrogens is 2. The number of aryl methyl sites for hydroxylation is 1. The highest BCUT2D eigenvalue weighted by Gasteiger charge is 2.21. The summed E-state index contributed by atoms with van der Waals surface area (Å²) < 4.78 is 3.18. The van der Waals surface area contributed by atoms with Gasteiger partial charge < -0.3 is 14.8 Å². The second kappa shape index (κ2) is 6.20. The quantitative estimate of drug-likeness (QED) is 0.870. The first-order valence-corrected chi connectivity index (χ1v) is 8.12. The number of imidazole rings is 1. The summed E-state index contributed by atoms with van der Waals surface area (Å²) in [6, 6.07) is 7.22. The van der Waals surface area contributed by atoms with E-state index in [-0.39, 0.29) is 0 Å². The molecule has 1 aliphatic rings. The van der Waals surface area contributed by atoms with E-state index in [0.29, 0.717) is 0 Å². The summed E-state index contributed by atoms with van der Waals surface area (Å²) in [5.74, 6) is 1.07. The maximum absolute atomic E-state index is 4.41. The van der Waals surface area contributed by atoms with Gasteiger partial charge in [0.1, 0.15) is 5.82 Å². The van der Waals surface area contributed by atoms with Gasteiger partial charge in [0.05, 0.1) is 6.54 Å². The lowest BCUT2D eigenvalue weighted by atomic mass is 10.1. The van der Waals surface area contributed by atoms with Crippen molar-refractivity contribution in [3.8, 4) is 0 Å². The molecule has 4 nitrogen and oxygen atoms in total. The Hall–Kier alpha value is -1.33. The first-order valence-electron chi connectivity index (χ1n) is 7.32. The SMILES string of the molecule is CN(Cc1nccn1C)c1cc(Br)ccc1CNC1CC1. The molecule has 0 spiro atoms. The third kappa shape index (κ3) is 3.66. The van der Waals surface area contributed by atoms with Crippen LogP contribution in [0.4, 0.5) is 5.69 Å². The number of nitrogens with zero attached hydrogens (tertiary/aromatic N) is 3. The lowest BCUT2D eigenvalue weighted by Gasteiger charge is -2.23. The Bertz CT molecular complexity index is 618. The normalized spacial score (nSPS) is 14.4. The fourth-order valence-electron chi connectivity index (χ4n) is 2.43. The second-order valence-corrected chi connectivity index (χ2v) is 6.65. The van der Waals surface area contributed by atoms with Crippen molar-refractivity contribution in [3.63, 3.8) is 0 Å². The van der Waals surface area contributed by atoms with Crippen LogP contribution < -0.4 is 10.2 Å². The van der Waals surface area contributed by atoms with Crippen LogP contribution in [-0.2, 0) is 20.1 Å². The predicted octanol–water partition coefficient (Wildman–Crippen LogP) is 3.07. The Balaban J connectivity index is 1.77. The lowest BCUT2D eigenvalue weighted by molar-refractivity contribution is 0.683. The van der Waals surface area contributed by atoms with E-state index in [4.69, 9.17) is 0 Å². The molecule has 5 heteroatoms. The Morgan fingerprint density at radius 2 is 2.24 bits per heavy atom. The average Bonchev–Trinajstić information content (AvgIpc) is 3.21. The van der Waals surface area contributed by atoms with Gasteiger partial charge in [-0.15, -0.1) is 0 Å². The Labute approximate surface area is 134 Å². The average molecular weight is 349 g/mol. The zero-order valence-corrected chi connectivity index (χ0v) is 14.1. The molecule has 0 bridgehead atoms. The van der Waals surface area contributed by atoms with Gasteiger partial charge in [-0.05, 0) is 30.5 Å². The van der Waals surface area contributed by atoms with E-state index in [1.807, 2.05) is 19.4 Å². The first kappa shape index (κ1) is 14.6. The molecule has 0 radical (unpaired) electrons. The van der Waals surface area contributed by atoms with Crippen LogP contribution in [0.2, 0.25) is 0 Å². The van der Waals surface area contributed by atoms with Gasteiger partial charge in [0.2, 0.25) is 0 Å². The van der Waals surface area contributed by atoms with Crippen LogP contribution in [0.1, 0.15) is 24.2 Å². The molecule has 0 amide bonds. The van der Waals surface area contributed by atoms with Crippen LogP contribution in [0.25, 0.3) is 0 Å². The van der Waals surface area contributed by atoms with E-state index < -0.39 is 0 Å². The summed E-state index contributed by atoms with van der Waals surface area (Å²) in [4.78, 5) is 6.67. The Morgan fingerprint density at radius 1 is 1.43 bits per heavy atom. The van der Waals surface area contributed by atoms with Crippen molar-refractivity contribution in [2.24, 2.45) is 7.05 Å². The van der Waals surface area contributed by atoms with Gasteiger partial charge in [-0.1, -0.05) is 22.0 Å². The van der Waals surface area contributed by atoms with Crippen molar-refractivity contribution < 1.29 is 0 Å². The molecule has 1 fully saturated rings. The molecule has 0 aliphatic heterocycles. The highest BCUT2D eigenvalue weighted by molar-refractivity contribution is 9.10. The summed E-state index contributed by atoms with van der Waals surface area (Å²) >= 11 is 3.58. The molecule has 1 heterocycles. The number of hydrogen-bond donors (Lipinski definition) is 1. The number of anilines is 1. The predicted molar refractivity (Wildman–Crippen MR) is 89.3 cm³/mol. The number of rotatable bonds is 6. The minimum atomic E-state index is 0.723. The molecule has 1 N–H and O–H groups in total. The van der Waals surface area contributed by atoms with E-state index in [0.717, 1.165) is 29.4 Å². The molecule has 1 saturated carbocycles. The highest BCUT2D eigenvalue weighted by Crippen LogP contribution is 2.27. The van der Waals surface area contributed by atoms with Crippen LogP contribution in [0.3, 0.4) is 0 Å². The van der Waals surface area contributed by atoms with Gasteiger partial charge in [-0.2, -0.15) is 0 Å². The highest BCUT2D eigenvalue weighted by atomic mass is 79.9. The molecule has 1 aromatic carbocycles. The number of benzene rings is 1. The van der Waals surface area contributed by atoms with Gasteiger partial charge >= 0.3 is 0 Å². The molecule has 0 saturated heterocycles. The summed E-state index contributed by atoms with van der Waals surface area (Å²) in [6.07, 6.45) is 6.46. The van der Waals surface area contributed by atoms with Crippen molar-refractivity contribution >= 4 is 21.6 Å². The minimum absolute atomic E-state index is 0.723. The Kier molecular flexibility index (Phi) is 4.31. The molecule has 1 aliphatic carbocycles. The largest absolute Gasteiger partial charge is 0.367 e. The first-order chi connectivity index (χ1) is 10.1. The van der Waals surface area contributed by atoms with Crippen LogP contribution in [0.15, 0.2) is 35.1 Å². The molecular weight excluding hydrogens is 328 g/mol. The van der Waals surface area contributed by atoms with Crippen molar-refractivity contribution in [2.45, 2.75) is 32.0 Å². The van der Waals surface area contributed by atoms with Gasteiger partial charge in [0.25, 0.3) is 0 Å². The maximum atomic E-state index is 4.41. The maximum Gasteiger partial charge on any atom is 0.127 e. The molecule has 1 aromatic heterocycles. The smallest absolute Gasteiger partial charge is 0.127 e. The van der Waals surface area contributed by atoms with Crippen molar-refractivity contribution in [1.82, 2.24) is 14.9 Å². The van der Waals surface area contributed by atoms with Crippen LogP contribution in [-0.4, -0.2) is 22.6 Å². The third-order valence-electron chi connectivity index (χ3n) is 3.92. The minimum Gasteiger partial charge on any atom is -0.367 e. The number of halogens is 1. The fraction of sp³-hybridized carbons (Fsp3) is 0.438. The van der Waals surface area contributed by atoms with E-state index in [1.54, 1.807) is 0 Å². The van der Waals surface area contributed by atoms with Gasteiger partial charge in [0, 0.05) is 49.2 Å². The number of nitrogens with one attached hydrogen (secondary N) is 1.